The second kappa shape index (κ2) is 16.4. The van der Waals surface area contributed by atoms with E-state index in [0.29, 0.717) is 10.8 Å². The molecule has 0 bridgehead atoms. The van der Waals surface area contributed by atoms with E-state index < -0.39 is 0 Å². The molecular formula is C36H67N. The Morgan fingerprint density at radius 1 is 0.865 bits per heavy atom. The molecule has 0 heterocycles. The zero-order valence-electron chi connectivity index (χ0n) is 27.3. The largest absolute Gasteiger partial charge is 0.193 e. The first-order valence-corrected chi connectivity index (χ1v) is 16.6. The third-order valence-corrected chi connectivity index (χ3v) is 11.2. The van der Waals surface area contributed by atoms with Gasteiger partial charge in [-0.05, 0) is 124 Å². The summed E-state index contributed by atoms with van der Waals surface area (Å²) in [6.45, 7) is 24.8. The van der Waals surface area contributed by atoms with Crippen LogP contribution in [0.25, 0.3) is 0 Å². The molecule has 0 amide bonds. The molecule has 216 valence electrons. The molecule has 4 fully saturated rings. The average molecular weight is 514 g/mol. The minimum atomic E-state index is 0.673. The summed E-state index contributed by atoms with van der Waals surface area (Å²) in [7, 11) is 0. The van der Waals surface area contributed by atoms with Gasteiger partial charge in [-0.1, -0.05) is 94.1 Å². The topological polar surface area (TPSA) is 23.8 Å². The van der Waals surface area contributed by atoms with Gasteiger partial charge in [0.2, 0.25) is 0 Å². The minimum Gasteiger partial charge on any atom is -0.193 e. The van der Waals surface area contributed by atoms with Crippen LogP contribution in [0.15, 0.2) is 11.6 Å². The Morgan fingerprint density at radius 3 is 1.95 bits per heavy atom. The molecule has 0 saturated heterocycles. The van der Waals surface area contributed by atoms with E-state index in [2.05, 4.69) is 62.3 Å². The van der Waals surface area contributed by atoms with Crippen LogP contribution in [0, 0.1) is 63.6 Å². The summed E-state index contributed by atoms with van der Waals surface area (Å²) in [5, 5.41) is 8.02. The zero-order chi connectivity index (χ0) is 28.2. The van der Waals surface area contributed by atoms with Crippen LogP contribution in [-0.2, 0) is 0 Å². The third-order valence-electron chi connectivity index (χ3n) is 11.2. The normalized spacial score (nSPS) is 38.9. The van der Waals surface area contributed by atoms with Gasteiger partial charge < -0.3 is 0 Å². The number of fused-ring (bicyclic) bond motifs is 5. The maximum absolute atomic E-state index is 8.02. The number of hydrogen-bond donors (Lipinski definition) is 0. The Kier molecular flexibility index (Phi) is 15.1. The predicted molar refractivity (Wildman–Crippen MR) is 165 cm³/mol. The summed E-state index contributed by atoms with van der Waals surface area (Å²) < 4.78 is 0. The number of nitriles is 1. The molecule has 0 N–H and O–H groups in total. The van der Waals surface area contributed by atoms with Crippen molar-refractivity contribution in [2.75, 3.05) is 0 Å². The highest BCUT2D eigenvalue weighted by atomic mass is 14.6. The first-order chi connectivity index (χ1) is 17.6. The second-order valence-electron chi connectivity index (χ2n) is 14.0. The van der Waals surface area contributed by atoms with E-state index in [4.69, 9.17) is 5.26 Å². The number of rotatable bonds is 3. The number of nitrogens with zero attached hydrogens (tertiary/aromatic N) is 1. The molecule has 0 aromatic rings. The standard InChI is InChI=1S/C25H44.C5H7N.2C3H8/c1-6-17(3)22-10-11-23-21-9-8-18-16-24(4,7-2)14-12-19(18)20(21)13-15-25(22,23)5;1-3-5(2)4-6;2*1-3-2/h17-23H,6-16H2,1-5H3;3H,1-2H3;2*3H2,1-2H3/b;5-3+;;/t17-,18?,19?,20?,21?,22?,23?,24+,25?;;;/m1.../s1. The number of allylic oxidation sites excluding steroid dienone is 2. The molecule has 37 heavy (non-hydrogen) atoms. The van der Waals surface area contributed by atoms with Gasteiger partial charge in [0.1, 0.15) is 0 Å². The van der Waals surface area contributed by atoms with Crippen LogP contribution in [0.1, 0.15) is 160 Å². The highest BCUT2D eigenvalue weighted by Crippen LogP contribution is 2.66. The van der Waals surface area contributed by atoms with Crippen LogP contribution in [0.3, 0.4) is 0 Å². The quantitative estimate of drug-likeness (QED) is 0.344. The molecule has 0 aromatic heterocycles. The predicted octanol–water partition coefficient (Wildman–Crippen LogP) is 12.0. The lowest BCUT2D eigenvalue weighted by Crippen LogP contribution is -2.49. The fraction of sp³-hybridized carbons (Fsp3) is 0.917. The maximum atomic E-state index is 8.02. The molecular weight excluding hydrogens is 446 g/mol. The van der Waals surface area contributed by atoms with Gasteiger partial charge in [0.25, 0.3) is 0 Å². The molecule has 4 rings (SSSR count). The molecule has 1 nitrogen and oxygen atoms in total. The van der Waals surface area contributed by atoms with Crippen molar-refractivity contribution in [3.63, 3.8) is 0 Å². The lowest BCUT2D eigenvalue weighted by atomic mass is 9.47. The van der Waals surface area contributed by atoms with Gasteiger partial charge in [-0.3, -0.25) is 0 Å². The molecule has 7 unspecified atom stereocenters. The molecule has 0 radical (unpaired) electrons. The van der Waals surface area contributed by atoms with Crippen LogP contribution >= 0.6 is 0 Å². The number of hydrogen-bond acceptors (Lipinski definition) is 1. The molecule has 1 heteroatoms. The van der Waals surface area contributed by atoms with E-state index in [9.17, 15) is 0 Å². The van der Waals surface area contributed by atoms with E-state index in [1.165, 1.54) is 32.1 Å². The highest BCUT2D eigenvalue weighted by Gasteiger charge is 2.57. The summed E-state index contributed by atoms with van der Waals surface area (Å²) in [5.74, 6) is 7.43. The monoisotopic (exact) mass is 514 g/mol. The molecule has 0 aromatic carbocycles. The summed E-state index contributed by atoms with van der Waals surface area (Å²) in [5.41, 5.74) is 2.14. The molecule has 0 spiro atoms. The fourth-order valence-corrected chi connectivity index (χ4v) is 8.83. The van der Waals surface area contributed by atoms with Crippen LogP contribution in [0.4, 0.5) is 0 Å². The van der Waals surface area contributed by atoms with Crippen LogP contribution < -0.4 is 0 Å². The van der Waals surface area contributed by atoms with Gasteiger partial charge in [0, 0.05) is 5.57 Å². The minimum absolute atomic E-state index is 0.673. The maximum Gasteiger partial charge on any atom is 0.0940 e. The van der Waals surface area contributed by atoms with Crippen molar-refractivity contribution in [3.05, 3.63) is 11.6 Å². The zero-order valence-corrected chi connectivity index (χ0v) is 27.3. The first-order valence-electron chi connectivity index (χ1n) is 16.6. The fourth-order valence-electron chi connectivity index (χ4n) is 8.83. The van der Waals surface area contributed by atoms with Gasteiger partial charge in [-0.15, -0.1) is 0 Å². The Balaban J connectivity index is 0.000000483. The van der Waals surface area contributed by atoms with E-state index >= 15 is 0 Å². The Hall–Kier alpha value is -0.770. The second-order valence-corrected chi connectivity index (χ2v) is 14.0. The lowest BCUT2D eigenvalue weighted by molar-refractivity contribution is -0.0831. The van der Waals surface area contributed by atoms with E-state index in [1.54, 1.807) is 64.4 Å². The van der Waals surface area contributed by atoms with Crippen molar-refractivity contribution in [1.29, 1.82) is 5.26 Å². The first kappa shape index (κ1) is 34.3. The Labute approximate surface area is 234 Å². The Bertz CT molecular complexity index is 698. The van der Waals surface area contributed by atoms with Crippen molar-refractivity contribution in [3.8, 4) is 6.07 Å². The molecule has 0 aliphatic heterocycles. The van der Waals surface area contributed by atoms with Gasteiger partial charge in [0.05, 0.1) is 6.07 Å². The van der Waals surface area contributed by atoms with E-state index in [-0.39, 0.29) is 0 Å². The van der Waals surface area contributed by atoms with Crippen LogP contribution in [0.2, 0.25) is 0 Å². The average Bonchev–Trinajstić information content (AvgIpc) is 3.26. The summed E-state index contributed by atoms with van der Waals surface area (Å²) in [6.07, 6.45) is 21.1. The van der Waals surface area contributed by atoms with Crippen molar-refractivity contribution in [2.24, 2.45) is 52.3 Å². The molecule has 4 aliphatic rings. The third kappa shape index (κ3) is 8.61. The summed E-state index contributed by atoms with van der Waals surface area (Å²) >= 11 is 0. The van der Waals surface area contributed by atoms with Crippen molar-refractivity contribution in [2.45, 2.75) is 160 Å². The molecule has 4 saturated carbocycles. The van der Waals surface area contributed by atoms with Crippen molar-refractivity contribution < 1.29 is 0 Å². The van der Waals surface area contributed by atoms with Gasteiger partial charge in [0.15, 0.2) is 0 Å². The van der Waals surface area contributed by atoms with Crippen LogP contribution in [0.5, 0.6) is 0 Å². The molecule has 9 atom stereocenters. The van der Waals surface area contributed by atoms with E-state index in [1.807, 2.05) is 13.0 Å². The lowest BCUT2D eigenvalue weighted by Gasteiger charge is -2.58. The highest BCUT2D eigenvalue weighted by molar-refractivity contribution is 5.15. The summed E-state index contributed by atoms with van der Waals surface area (Å²) in [6, 6.07) is 1.98. The molecule has 4 aliphatic carbocycles. The van der Waals surface area contributed by atoms with Crippen LogP contribution in [-0.4, -0.2) is 0 Å². The Morgan fingerprint density at radius 2 is 1.46 bits per heavy atom. The van der Waals surface area contributed by atoms with Crippen molar-refractivity contribution >= 4 is 0 Å². The SMILES string of the molecule is C/C=C(\C)C#N.CCC.CCC.CC[C@@H](C)C1CCC2C3CCC4C[C@@](C)(CC)CCC4C3CCC21C. The van der Waals surface area contributed by atoms with Crippen molar-refractivity contribution in [1.82, 2.24) is 0 Å². The summed E-state index contributed by atoms with van der Waals surface area (Å²) in [4.78, 5) is 0. The van der Waals surface area contributed by atoms with E-state index in [0.717, 1.165) is 47.0 Å². The van der Waals surface area contributed by atoms with Gasteiger partial charge >= 0.3 is 0 Å². The van der Waals surface area contributed by atoms with Gasteiger partial charge in [-0.2, -0.15) is 5.26 Å². The smallest absolute Gasteiger partial charge is 0.0940 e. The van der Waals surface area contributed by atoms with Gasteiger partial charge in [-0.25, -0.2) is 0 Å².